The quantitative estimate of drug-likeness (QED) is 0.214. The maximum absolute atomic E-state index is 9.00. The van der Waals surface area contributed by atoms with Crippen molar-refractivity contribution in [2.24, 2.45) is 0 Å². The molecule has 0 saturated carbocycles. The Morgan fingerprint density at radius 3 is 0.522 bits per heavy atom. The first-order chi connectivity index (χ1) is 7.93. The summed E-state index contributed by atoms with van der Waals surface area (Å²) in [5.74, 6) is -3.33. The van der Waals surface area contributed by atoms with Gasteiger partial charge in [0.05, 0.1) is 0 Å². The molecular weight excluding hydrogens is 402 g/mol. The molecule has 0 amide bonds. The molecule has 0 fully saturated rings. The Morgan fingerprint density at radius 2 is 0.522 bits per heavy atom. The second kappa shape index (κ2) is 70.6. The first-order valence-electron chi connectivity index (χ1n) is 4.21. The van der Waals surface area contributed by atoms with Gasteiger partial charge in [-0.25, -0.2) is 0 Å². The molecule has 0 aliphatic carbocycles. The smallest absolute Gasteiger partial charge is 0.300 e. The number of carboxylic acid groups (broad SMARTS) is 4. The summed E-state index contributed by atoms with van der Waals surface area (Å²) in [6.07, 6.45) is 0. The number of hydrogen-bond donors (Lipinski definition) is 7. The minimum absolute atomic E-state index is 0. The number of aliphatic carboxylic acids is 4. The van der Waals surface area contributed by atoms with Gasteiger partial charge in [0, 0.05) is 61.8 Å². The standard InChI is InChI=1S/4C2H4O2.C2H4.2Fe.3H3N/c4*1-2(3)4;1-2;;;;;/h4*1H3,(H,3,4);1-2H2;;;3*1H3. The van der Waals surface area contributed by atoms with Gasteiger partial charge in [-0.05, 0) is 0 Å². The van der Waals surface area contributed by atoms with Gasteiger partial charge in [0.2, 0.25) is 0 Å². The van der Waals surface area contributed by atoms with Crippen LogP contribution in [0.4, 0.5) is 0 Å². The van der Waals surface area contributed by atoms with E-state index in [1.54, 1.807) is 0 Å². The third-order valence-electron chi connectivity index (χ3n) is 0. The van der Waals surface area contributed by atoms with Crippen molar-refractivity contribution in [3.8, 4) is 0 Å². The zero-order valence-corrected chi connectivity index (χ0v) is 15.9. The van der Waals surface area contributed by atoms with Gasteiger partial charge in [-0.15, -0.1) is 13.2 Å². The summed E-state index contributed by atoms with van der Waals surface area (Å²) in [6.45, 7) is 10.3. The van der Waals surface area contributed by atoms with E-state index in [-0.39, 0.29) is 52.6 Å². The second-order valence-corrected chi connectivity index (χ2v) is 2.08. The van der Waals surface area contributed by atoms with Crippen molar-refractivity contribution in [2.75, 3.05) is 0 Å². The first kappa shape index (κ1) is 68.2. The van der Waals surface area contributed by atoms with Crippen LogP contribution in [0.25, 0.3) is 0 Å². The van der Waals surface area contributed by atoms with Crippen molar-refractivity contribution in [1.82, 2.24) is 18.5 Å². The summed E-state index contributed by atoms with van der Waals surface area (Å²) in [4.78, 5) is 36.0. The van der Waals surface area contributed by atoms with E-state index in [1.165, 1.54) is 0 Å². The molecule has 11 nitrogen and oxygen atoms in total. The average molecular weight is 431 g/mol. The van der Waals surface area contributed by atoms with E-state index >= 15 is 0 Å². The van der Waals surface area contributed by atoms with Crippen molar-refractivity contribution in [3.05, 3.63) is 13.2 Å². The van der Waals surface area contributed by atoms with Crippen molar-refractivity contribution < 1.29 is 73.7 Å². The fraction of sp³-hybridized carbons (Fsp3) is 0.400. The third-order valence-corrected chi connectivity index (χ3v) is 0. The van der Waals surface area contributed by atoms with Crippen LogP contribution in [-0.4, -0.2) is 44.3 Å². The van der Waals surface area contributed by atoms with Gasteiger partial charge < -0.3 is 38.9 Å². The molecule has 0 radical (unpaired) electrons. The molecule has 0 heterocycles. The molecule has 0 aromatic carbocycles. The predicted molar refractivity (Wildman–Crippen MR) is 79.6 cm³/mol. The Morgan fingerprint density at radius 1 is 0.522 bits per heavy atom. The largest absolute Gasteiger partial charge is 0.481 e. The van der Waals surface area contributed by atoms with Crippen LogP contribution in [0, 0.1) is 0 Å². The van der Waals surface area contributed by atoms with E-state index in [4.69, 9.17) is 39.6 Å². The van der Waals surface area contributed by atoms with Crippen LogP contribution in [0.5, 0.6) is 0 Å². The molecule has 0 aliphatic rings. The summed E-state index contributed by atoms with van der Waals surface area (Å²) in [5, 5.41) is 29.7. The molecule has 0 unspecified atom stereocenters. The summed E-state index contributed by atoms with van der Waals surface area (Å²) in [6, 6.07) is 0. The zero-order chi connectivity index (χ0) is 16.3. The molecule has 13 N–H and O–H groups in total. The second-order valence-electron chi connectivity index (χ2n) is 2.08. The summed E-state index contributed by atoms with van der Waals surface area (Å²) in [7, 11) is 0. The number of carbonyl (C=O) groups is 4. The summed E-state index contributed by atoms with van der Waals surface area (Å²) >= 11 is 0. The maximum Gasteiger partial charge on any atom is 0.300 e. The van der Waals surface area contributed by atoms with Crippen molar-refractivity contribution in [2.45, 2.75) is 27.7 Å². The predicted octanol–water partition coefficient (Wildman–Crippen LogP) is 1.65. The SMILES string of the molecule is C=C.CC(=O)O.CC(=O)O.CC(=O)O.CC(=O)O.N.N.N.[Fe].[Fe]. The molecule has 0 saturated heterocycles. The Labute approximate surface area is 157 Å². The summed E-state index contributed by atoms with van der Waals surface area (Å²) < 4.78 is 0. The van der Waals surface area contributed by atoms with Gasteiger partial charge in [-0.1, -0.05) is 0 Å². The van der Waals surface area contributed by atoms with Crippen LogP contribution in [0.3, 0.4) is 0 Å². The number of carboxylic acids is 4. The Bertz CT molecular complexity index is 192. The van der Waals surface area contributed by atoms with Crippen LogP contribution in [-0.2, 0) is 53.3 Å². The molecule has 0 spiro atoms. The van der Waals surface area contributed by atoms with E-state index in [0.29, 0.717) is 0 Å². The zero-order valence-electron chi connectivity index (χ0n) is 13.7. The van der Waals surface area contributed by atoms with Gasteiger partial charge in [0.15, 0.2) is 0 Å². The minimum atomic E-state index is -0.833. The maximum atomic E-state index is 9.00. The molecular formula is C10H29Fe2N3O8. The fourth-order valence-electron chi connectivity index (χ4n) is 0. The molecule has 0 atom stereocenters. The average Bonchev–Trinajstić information content (AvgIpc) is 2.01. The van der Waals surface area contributed by atoms with Crippen molar-refractivity contribution >= 4 is 23.9 Å². The van der Waals surface area contributed by atoms with Crippen LogP contribution in [0.15, 0.2) is 13.2 Å². The van der Waals surface area contributed by atoms with Crippen LogP contribution in [0.1, 0.15) is 27.7 Å². The van der Waals surface area contributed by atoms with Gasteiger partial charge >= 0.3 is 0 Å². The van der Waals surface area contributed by atoms with E-state index in [2.05, 4.69) is 13.2 Å². The monoisotopic (exact) mass is 431 g/mol. The van der Waals surface area contributed by atoms with Crippen molar-refractivity contribution in [1.29, 1.82) is 0 Å². The Hall–Kier alpha value is -1.46. The fourth-order valence-corrected chi connectivity index (χ4v) is 0. The molecule has 0 rings (SSSR count). The van der Waals surface area contributed by atoms with Gasteiger partial charge in [-0.3, -0.25) is 19.2 Å². The van der Waals surface area contributed by atoms with Crippen LogP contribution in [0.2, 0.25) is 0 Å². The minimum Gasteiger partial charge on any atom is -0.481 e. The molecule has 13 heteroatoms. The topological polar surface area (TPSA) is 254 Å². The molecule has 148 valence electrons. The van der Waals surface area contributed by atoms with Crippen LogP contribution < -0.4 is 18.5 Å². The Kier molecular flexibility index (Phi) is 209. The van der Waals surface area contributed by atoms with Gasteiger partial charge in [-0.2, -0.15) is 0 Å². The van der Waals surface area contributed by atoms with Crippen LogP contribution >= 0.6 is 0 Å². The first-order valence-corrected chi connectivity index (χ1v) is 4.21. The molecule has 0 bridgehead atoms. The van der Waals surface area contributed by atoms with E-state index in [1.807, 2.05) is 0 Å². The van der Waals surface area contributed by atoms with E-state index in [9.17, 15) is 0 Å². The van der Waals surface area contributed by atoms with Gasteiger partial charge in [0.1, 0.15) is 0 Å². The molecule has 0 aliphatic heterocycles. The molecule has 0 aromatic rings. The number of hydrogen-bond acceptors (Lipinski definition) is 7. The van der Waals surface area contributed by atoms with Gasteiger partial charge in [0.25, 0.3) is 23.9 Å². The van der Waals surface area contributed by atoms with E-state index in [0.717, 1.165) is 27.7 Å². The Balaban J connectivity index is -0.0000000110. The van der Waals surface area contributed by atoms with Crippen molar-refractivity contribution in [3.63, 3.8) is 0 Å². The third kappa shape index (κ3) is 3310. The normalized spacial score (nSPS) is 4.52. The molecule has 0 aromatic heterocycles. The molecule has 23 heavy (non-hydrogen) atoms. The summed E-state index contributed by atoms with van der Waals surface area (Å²) in [5.41, 5.74) is 0. The van der Waals surface area contributed by atoms with E-state index < -0.39 is 23.9 Å². The number of rotatable bonds is 0.